The molecule has 0 radical (unpaired) electrons. The fourth-order valence-electron chi connectivity index (χ4n) is 3.35. The van der Waals surface area contributed by atoms with Gasteiger partial charge in [0.05, 0.1) is 10.7 Å². The molecule has 1 aliphatic heterocycles. The summed E-state index contributed by atoms with van der Waals surface area (Å²) < 4.78 is 11.0. The number of benzene rings is 1. The number of nitrogens with one attached hydrogen (secondary N) is 2. The van der Waals surface area contributed by atoms with Crippen molar-refractivity contribution in [1.82, 2.24) is 4.98 Å². The number of carbonyl (C=O) groups excluding carboxylic acids is 2. The summed E-state index contributed by atoms with van der Waals surface area (Å²) in [5.41, 5.74) is 3.02. The molecule has 7 heteroatoms. The zero-order valence-electron chi connectivity index (χ0n) is 13.7. The highest BCUT2D eigenvalue weighted by Crippen LogP contribution is 2.38. The fourth-order valence-corrected chi connectivity index (χ4v) is 3.55. The predicted octanol–water partition coefficient (Wildman–Crippen LogP) is 3.52. The van der Waals surface area contributed by atoms with Crippen LogP contribution in [0.15, 0.2) is 12.1 Å². The minimum absolute atomic E-state index is 0.0893. The first kappa shape index (κ1) is 16.0. The molecule has 2 N–H and O–H groups in total. The highest BCUT2D eigenvalue weighted by molar-refractivity contribution is 6.34. The summed E-state index contributed by atoms with van der Waals surface area (Å²) in [4.78, 5) is 27.9. The average molecular weight is 361 g/mol. The lowest BCUT2D eigenvalue weighted by Gasteiger charge is -2.20. The number of amides is 1. The molecule has 130 valence electrons. The van der Waals surface area contributed by atoms with E-state index in [2.05, 4.69) is 10.3 Å². The summed E-state index contributed by atoms with van der Waals surface area (Å²) in [6.45, 7) is 2.71. The number of Topliss-reactive ketones (excluding diaryl/α,β-unsaturated/α-hetero) is 1. The molecule has 0 spiro atoms. The SMILES string of the molecule is Cc1c(C(=O)Nc2cc3c(cc2Cl)OCCO3)[nH]c2c1C(=O)CCC2. The van der Waals surface area contributed by atoms with Gasteiger partial charge in [0, 0.05) is 29.8 Å². The van der Waals surface area contributed by atoms with E-state index in [-0.39, 0.29) is 11.7 Å². The summed E-state index contributed by atoms with van der Waals surface area (Å²) in [6.07, 6.45) is 2.11. The molecule has 0 bridgehead atoms. The monoisotopic (exact) mass is 360 g/mol. The van der Waals surface area contributed by atoms with Crippen LogP contribution in [0.25, 0.3) is 0 Å². The van der Waals surface area contributed by atoms with E-state index in [9.17, 15) is 9.59 Å². The Morgan fingerprint density at radius 3 is 2.64 bits per heavy atom. The first-order chi connectivity index (χ1) is 12.0. The number of halogens is 1. The van der Waals surface area contributed by atoms with Gasteiger partial charge in [0.15, 0.2) is 17.3 Å². The van der Waals surface area contributed by atoms with E-state index in [4.69, 9.17) is 21.1 Å². The summed E-state index contributed by atoms with van der Waals surface area (Å²) in [5.74, 6) is 0.861. The largest absolute Gasteiger partial charge is 0.486 e. The normalized spacial score (nSPS) is 15.7. The third kappa shape index (κ3) is 2.76. The topological polar surface area (TPSA) is 80.4 Å². The van der Waals surface area contributed by atoms with Gasteiger partial charge in [-0.1, -0.05) is 11.6 Å². The van der Waals surface area contributed by atoms with Gasteiger partial charge in [0.25, 0.3) is 5.91 Å². The third-order valence-electron chi connectivity index (χ3n) is 4.54. The maximum Gasteiger partial charge on any atom is 0.272 e. The maximum absolute atomic E-state index is 12.7. The van der Waals surface area contributed by atoms with Crippen LogP contribution in [0.1, 0.15) is 44.9 Å². The van der Waals surface area contributed by atoms with Crippen LogP contribution < -0.4 is 14.8 Å². The second kappa shape index (κ2) is 6.11. The molecule has 4 rings (SSSR count). The highest BCUT2D eigenvalue weighted by atomic mass is 35.5. The highest BCUT2D eigenvalue weighted by Gasteiger charge is 2.27. The number of hydrogen-bond acceptors (Lipinski definition) is 4. The number of carbonyl (C=O) groups is 2. The van der Waals surface area contributed by atoms with Gasteiger partial charge in [-0.05, 0) is 25.3 Å². The molecule has 1 aliphatic carbocycles. The molecule has 1 aromatic carbocycles. The third-order valence-corrected chi connectivity index (χ3v) is 4.86. The van der Waals surface area contributed by atoms with E-state index in [1.165, 1.54) is 0 Å². The quantitative estimate of drug-likeness (QED) is 0.858. The number of aromatic nitrogens is 1. The maximum atomic E-state index is 12.7. The lowest BCUT2D eigenvalue weighted by molar-refractivity contribution is 0.0971. The van der Waals surface area contributed by atoms with E-state index in [0.717, 1.165) is 18.5 Å². The standard InChI is InChI=1S/C18H17ClN2O4/c1-9-16-11(3-2-4-13(16)22)20-17(9)18(23)21-12-8-15-14(7-10(12)19)24-5-6-25-15/h7-8,20H,2-6H2,1H3,(H,21,23). The number of hydrogen-bond donors (Lipinski definition) is 2. The van der Waals surface area contributed by atoms with Crippen molar-refractivity contribution in [2.45, 2.75) is 26.2 Å². The summed E-state index contributed by atoms with van der Waals surface area (Å²) in [7, 11) is 0. The van der Waals surface area contributed by atoms with Crippen molar-refractivity contribution in [3.63, 3.8) is 0 Å². The van der Waals surface area contributed by atoms with Crippen LogP contribution in [0, 0.1) is 6.92 Å². The van der Waals surface area contributed by atoms with E-state index >= 15 is 0 Å². The number of fused-ring (bicyclic) bond motifs is 2. The molecule has 0 saturated heterocycles. The zero-order chi connectivity index (χ0) is 17.6. The molecular weight excluding hydrogens is 344 g/mol. The van der Waals surface area contributed by atoms with Crippen LogP contribution in [0.4, 0.5) is 5.69 Å². The summed E-state index contributed by atoms with van der Waals surface area (Å²) >= 11 is 6.24. The van der Waals surface area contributed by atoms with Gasteiger partial charge in [0.2, 0.25) is 0 Å². The molecule has 2 heterocycles. The minimum Gasteiger partial charge on any atom is -0.486 e. The molecule has 0 fully saturated rings. The first-order valence-corrected chi connectivity index (χ1v) is 8.57. The van der Waals surface area contributed by atoms with Crippen LogP contribution in [0.2, 0.25) is 5.02 Å². The molecule has 1 aromatic heterocycles. The van der Waals surface area contributed by atoms with Gasteiger partial charge in [-0.2, -0.15) is 0 Å². The molecule has 0 saturated carbocycles. The summed E-state index contributed by atoms with van der Waals surface area (Å²) in [5, 5.41) is 3.16. The lowest BCUT2D eigenvalue weighted by Crippen LogP contribution is -2.17. The van der Waals surface area contributed by atoms with Gasteiger partial charge in [0.1, 0.15) is 18.9 Å². The predicted molar refractivity (Wildman–Crippen MR) is 93.2 cm³/mol. The average Bonchev–Trinajstić information content (AvgIpc) is 2.94. The van der Waals surface area contributed by atoms with E-state index in [1.807, 2.05) is 0 Å². The van der Waals surface area contributed by atoms with Crippen molar-refractivity contribution < 1.29 is 19.1 Å². The molecule has 2 aromatic rings. The smallest absolute Gasteiger partial charge is 0.272 e. The lowest BCUT2D eigenvalue weighted by atomic mass is 9.94. The zero-order valence-corrected chi connectivity index (χ0v) is 14.5. The Balaban J connectivity index is 1.64. The molecule has 2 aliphatic rings. The number of aromatic amines is 1. The fraction of sp³-hybridized carbons (Fsp3) is 0.333. The number of rotatable bonds is 2. The summed E-state index contributed by atoms with van der Waals surface area (Å²) in [6, 6.07) is 3.28. The van der Waals surface area contributed by atoms with Crippen molar-refractivity contribution in [2.75, 3.05) is 18.5 Å². The van der Waals surface area contributed by atoms with Gasteiger partial charge in [-0.3, -0.25) is 9.59 Å². The van der Waals surface area contributed by atoms with Crippen molar-refractivity contribution in [3.05, 3.63) is 39.7 Å². The first-order valence-electron chi connectivity index (χ1n) is 8.19. The Morgan fingerprint density at radius 2 is 1.92 bits per heavy atom. The molecular formula is C18H17ClN2O4. The Kier molecular flexibility index (Phi) is 3.92. The molecule has 1 amide bonds. The molecule has 25 heavy (non-hydrogen) atoms. The number of H-pyrrole nitrogens is 1. The number of anilines is 1. The molecule has 0 atom stereocenters. The van der Waals surface area contributed by atoms with Gasteiger partial charge in [-0.15, -0.1) is 0 Å². The van der Waals surface area contributed by atoms with Gasteiger partial charge < -0.3 is 19.8 Å². The van der Waals surface area contributed by atoms with Crippen molar-refractivity contribution in [3.8, 4) is 11.5 Å². The number of ketones is 1. The van der Waals surface area contributed by atoms with E-state index in [1.54, 1.807) is 19.1 Å². The molecule has 6 nitrogen and oxygen atoms in total. The second-order valence-corrected chi connectivity index (χ2v) is 6.59. The Morgan fingerprint density at radius 1 is 1.20 bits per heavy atom. The second-order valence-electron chi connectivity index (χ2n) is 6.19. The van der Waals surface area contributed by atoms with Crippen LogP contribution in [-0.4, -0.2) is 29.9 Å². The Hall–Kier alpha value is -2.47. The van der Waals surface area contributed by atoms with E-state index in [0.29, 0.717) is 58.7 Å². The van der Waals surface area contributed by atoms with Crippen LogP contribution in [0.5, 0.6) is 11.5 Å². The minimum atomic E-state index is -0.335. The number of ether oxygens (including phenoxy) is 2. The molecule has 0 unspecified atom stereocenters. The van der Waals surface area contributed by atoms with Crippen LogP contribution >= 0.6 is 11.6 Å². The van der Waals surface area contributed by atoms with Crippen molar-refractivity contribution >= 4 is 29.0 Å². The Bertz CT molecular complexity index is 888. The Labute approximate surface area is 149 Å². The van der Waals surface area contributed by atoms with Crippen molar-refractivity contribution in [1.29, 1.82) is 0 Å². The van der Waals surface area contributed by atoms with E-state index < -0.39 is 0 Å². The number of aryl methyl sites for hydroxylation is 1. The van der Waals surface area contributed by atoms with Crippen LogP contribution in [-0.2, 0) is 6.42 Å². The van der Waals surface area contributed by atoms with Gasteiger partial charge >= 0.3 is 0 Å². The van der Waals surface area contributed by atoms with Crippen molar-refractivity contribution in [2.24, 2.45) is 0 Å². The van der Waals surface area contributed by atoms with Crippen LogP contribution in [0.3, 0.4) is 0 Å². The van der Waals surface area contributed by atoms with Gasteiger partial charge in [-0.25, -0.2) is 0 Å².